The molecule has 0 unspecified atom stereocenters. The zero-order valence-corrected chi connectivity index (χ0v) is 10.2. The largest absolute Gasteiger partial charge is 0.354 e. The zero-order chi connectivity index (χ0) is 12.3. The maximum absolute atomic E-state index is 4.30. The van der Waals surface area contributed by atoms with Crippen molar-refractivity contribution in [3.05, 3.63) is 47.9 Å². The predicted octanol–water partition coefficient (Wildman–Crippen LogP) is 3.78. The molecule has 90 valence electrons. The lowest BCUT2D eigenvalue weighted by Crippen LogP contribution is -2.14. The van der Waals surface area contributed by atoms with Crippen LogP contribution < -0.4 is 10.6 Å². The van der Waals surface area contributed by atoms with E-state index in [1.54, 1.807) is 12.3 Å². The van der Waals surface area contributed by atoms with Crippen LogP contribution in [-0.2, 0) is 6.42 Å². The Labute approximate surface area is 103 Å². The number of hydrogen-bond donors (Lipinski definition) is 2. The molecule has 3 nitrogen and oxygen atoms in total. The molecule has 0 bridgehead atoms. The summed E-state index contributed by atoms with van der Waals surface area (Å²) < 4.78 is 0. The van der Waals surface area contributed by atoms with Crippen LogP contribution in [0.5, 0.6) is 0 Å². The molecule has 0 radical (unpaired) electrons. The second-order valence-electron chi connectivity index (χ2n) is 3.97. The fourth-order valence-electron chi connectivity index (χ4n) is 1.76. The molecule has 0 spiro atoms. The topological polar surface area (TPSA) is 36.4 Å². The number of nitrogens with one attached hydrogen (secondary N) is 2. The van der Waals surface area contributed by atoms with Crippen LogP contribution in [0, 0.1) is 0 Å². The Morgan fingerprint density at radius 1 is 1.35 bits per heavy atom. The number of rotatable bonds is 3. The third-order valence-corrected chi connectivity index (χ3v) is 2.73. The van der Waals surface area contributed by atoms with Gasteiger partial charge in [0, 0.05) is 7.64 Å². The average molecular weight is 229 g/mol. The van der Waals surface area contributed by atoms with Crippen LogP contribution >= 0.6 is 0 Å². The number of allylic oxidation sites excluding steroid dienone is 2. The number of anilines is 2. The van der Waals surface area contributed by atoms with Gasteiger partial charge in [-0.3, -0.25) is 0 Å². The van der Waals surface area contributed by atoms with Crippen LogP contribution in [0.15, 0.2) is 47.4 Å². The number of aryl methyl sites for hydroxylation is 1. The molecule has 1 aliphatic heterocycles. The highest BCUT2D eigenvalue weighted by Gasteiger charge is 2.13. The molecule has 0 fully saturated rings. The van der Waals surface area contributed by atoms with Gasteiger partial charge in [0.05, 0.1) is 17.1 Å². The number of nitrogens with zero attached hydrogens (tertiary/aromatic N) is 1. The number of benzene rings is 1. The van der Waals surface area contributed by atoms with Crippen molar-refractivity contribution in [1.29, 1.82) is 0 Å². The van der Waals surface area contributed by atoms with Gasteiger partial charge in [-0.2, -0.15) is 0 Å². The average Bonchev–Trinajstić information content (AvgIpc) is 2.35. The van der Waals surface area contributed by atoms with E-state index in [1.165, 1.54) is 5.56 Å². The highest BCUT2D eigenvalue weighted by molar-refractivity contribution is 5.78. The van der Waals surface area contributed by atoms with E-state index < -0.39 is 0 Å². The second-order valence-corrected chi connectivity index (χ2v) is 3.97. The summed E-state index contributed by atoms with van der Waals surface area (Å²) in [5.41, 5.74) is 4.49. The molecule has 1 aromatic carbocycles. The maximum atomic E-state index is 4.30. The molecular weight excluding hydrogens is 210 g/mol. The van der Waals surface area contributed by atoms with Gasteiger partial charge in [-0.15, -0.1) is 0 Å². The second kappa shape index (κ2) is 4.87. The molecular formula is C14H19N3. The van der Waals surface area contributed by atoms with E-state index in [4.69, 9.17) is 0 Å². The van der Waals surface area contributed by atoms with Crippen molar-refractivity contribution in [2.75, 3.05) is 10.6 Å². The van der Waals surface area contributed by atoms with Gasteiger partial charge >= 0.3 is 0 Å². The van der Waals surface area contributed by atoms with Crippen LogP contribution in [0.2, 0.25) is 0 Å². The Balaban J connectivity index is 0.00000162. The summed E-state index contributed by atoms with van der Waals surface area (Å²) in [4.78, 5) is 4.30. The molecule has 2 rings (SSSR count). The maximum Gasteiger partial charge on any atom is 0.149 e. The summed E-state index contributed by atoms with van der Waals surface area (Å²) in [6.07, 6.45) is 4.38. The van der Waals surface area contributed by atoms with E-state index in [0.29, 0.717) is 0 Å². The quantitative estimate of drug-likeness (QED) is 0.774. The summed E-state index contributed by atoms with van der Waals surface area (Å²) in [6.45, 7) is 7.77. The third kappa shape index (κ3) is 2.38. The highest BCUT2D eigenvalue weighted by Crippen LogP contribution is 2.31. The van der Waals surface area contributed by atoms with Crippen LogP contribution in [0.1, 0.15) is 20.8 Å². The van der Waals surface area contributed by atoms with Gasteiger partial charge in [-0.25, -0.2) is 4.99 Å². The van der Waals surface area contributed by atoms with E-state index in [0.717, 1.165) is 29.3 Å². The minimum atomic E-state index is 0. The lowest BCUT2D eigenvalue weighted by Gasteiger charge is -2.22. The molecule has 0 aromatic heterocycles. The normalized spacial score (nSPS) is 14.2. The fourth-order valence-corrected chi connectivity index (χ4v) is 1.76. The van der Waals surface area contributed by atoms with E-state index in [2.05, 4.69) is 47.3 Å². The van der Waals surface area contributed by atoms with Crippen molar-refractivity contribution in [1.82, 2.24) is 0 Å². The summed E-state index contributed by atoms with van der Waals surface area (Å²) in [5.74, 6) is 0.839. The first-order chi connectivity index (χ1) is 8.24. The van der Waals surface area contributed by atoms with Gasteiger partial charge in [0.2, 0.25) is 0 Å². The summed E-state index contributed by atoms with van der Waals surface area (Å²) in [6, 6.07) is 6.38. The Bertz CT molecular complexity index is 504. The van der Waals surface area contributed by atoms with Crippen LogP contribution in [0.4, 0.5) is 11.4 Å². The minimum absolute atomic E-state index is 0. The Hall–Kier alpha value is -2.03. The summed E-state index contributed by atoms with van der Waals surface area (Å²) >= 11 is 0. The first-order valence-electron chi connectivity index (χ1n) is 5.77. The lowest BCUT2D eigenvalue weighted by molar-refractivity contribution is 1.12. The van der Waals surface area contributed by atoms with E-state index in [-0.39, 0.29) is 1.43 Å². The third-order valence-electron chi connectivity index (χ3n) is 2.73. The molecule has 2 N–H and O–H groups in total. The lowest BCUT2D eigenvalue weighted by atomic mass is 10.1. The molecule has 0 saturated carbocycles. The van der Waals surface area contributed by atoms with Crippen LogP contribution in [0.3, 0.4) is 0 Å². The molecule has 1 aliphatic rings. The molecule has 1 aromatic rings. The van der Waals surface area contributed by atoms with Crippen LogP contribution in [-0.4, -0.2) is 6.21 Å². The molecule has 0 amide bonds. The monoisotopic (exact) mass is 229 g/mol. The zero-order valence-electron chi connectivity index (χ0n) is 10.2. The van der Waals surface area contributed by atoms with Crippen molar-refractivity contribution in [2.45, 2.75) is 20.3 Å². The minimum Gasteiger partial charge on any atom is -0.354 e. The number of aliphatic imine (C=N–C) groups is 1. The molecule has 1 heterocycles. The van der Waals surface area contributed by atoms with Crippen molar-refractivity contribution in [3.63, 3.8) is 0 Å². The SMILES string of the molecule is C=C/C=N\C1=C(C)Nc2ccc(CC)cc2N1.[HH]. The van der Waals surface area contributed by atoms with E-state index >= 15 is 0 Å². The standard InChI is InChI=1S/C14H17N3.H2/c1-4-8-15-14-10(3)16-12-7-6-11(5-2)9-13(12)17-14;/h4,6-9,16-17H,1,5H2,2-3H3;1H/b15-8-;. The predicted molar refractivity (Wildman–Crippen MR) is 76.6 cm³/mol. The van der Waals surface area contributed by atoms with Gasteiger partial charge in [-0.05, 0) is 31.0 Å². The molecule has 17 heavy (non-hydrogen) atoms. The number of hydrogen-bond acceptors (Lipinski definition) is 3. The Morgan fingerprint density at radius 2 is 2.18 bits per heavy atom. The van der Waals surface area contributed by atoms with E-state index in [9.17, 15) is 0 Å². The summed E-state index contributed by atoms with van der Waals surface area (Å²) in [5, 5.41) is 6.67. The first-order valence-corrected chi connectivity index (χ1v) is 5.77. The molecule has 0 aliphatic carbocycles. The molecule has 3 heteroatoms. The van der Waals surface area contributed by atoms with Gasteiger partial charge in [-0.1, -0.05) is 25.6 Å². The van der Waals surface area contributed by atoms with Crippen molar-refractivity contribution in [2.24, 2.45) is 4.99 Å². The first kappa shape index (κ1) is 11.5. The van der Waals surface area contributed by atoms with Gasteiger partial charge < -0.3 is 10.6 Å². The van der Waals surface area contributed by atoms with Gasteiger partial charge in [0.1, 0.15) is 5.82 Å². The van der Waals surface area contributed by atoms with Crippen molar-refractivity contribution < 1.29 is 1.43 Å². The van der Waals surface area contributed by atoms with E-state index in [1.807, 2.05) is 6.92 Å². The highest BCUT2D eigenvalue weighted by atomic mass is 15.1. The van der Waals surface area contributed by atoms with Crippen molar-refractivity contribution >= 4 is 17.6 Å². The molecule has 0 saturated heterocycles. The molecule has 0 atom stereocenters. The Kier molecular flexibility index (Phi) is 3.28. The van der Waals surface area contributed by atoms with Gasteiger partial charge in [0.15, 0.2) is 0 Å². The van der Waals surface area contributed by atoms with Gasteiger partial charge in [0.25, 0.3) is 0 Å². The van der Waals surface area contributed by atoms with Crippen molar-refractivity contribution in [3.8, 4) is 0 Å². The van der Waals surface area contributed by atoms with Crippen LogP contribution in [0.25, 0.3) is 0 Å². The fraction of sp³-hybridized carbons (Fsp3) is 0.214. The smallest absolute Gasteiger partial charge is 0.149 e. The number of fused-ring (bicyclic) bond motifs is 1. The Morgan fingerprint density at radius 3 is 2.88 bits per heavy atom. The summed E-state index contributed by atoms with van der Waals surface area (Å²) in [7, 11) is 0.